The van der Waals surface area contributed by atoms with Crippen LogP contribution in [0.5, 0.6) is 0 Å². The number of pyridine rings is 1. The van der Waals surface area contributed by atoms with Gasteiger partial charge in [0.05, 0.1) is 5.56 Å². The Balaban J connectivity index is 2.98. The highest BCUT2D eigenvalue weighted by atomic mass is 16.4. The van der Waals surface area contributed by atoms with Crippen molar-refractivity contribution in [1.82, 2.24) is 4.98 Å². The van der Waals surface area contributed by atoms with Crippen molar-refractivity contribution in [2.24, 2.45) is 11.5 Å². The predicted molar refractivity (Wildman–Crippen MR) is 47.2 cm³/mol. The van der Waals surface area contributed by atoms with E-state index in [1.807, 2.05) is 0 Å². The van der Waals surface area contributed by atoms with Gasteiger partial charge in [-0.2, -0.15) is 0 Å². The molecule has 0 bridgehead atoms. The lowest BCUT2D eigenvalue weighted by Gasteiger charge is -2.08. The maximum absolute atomic E-state index is 10.6. The number of rotatable bonds is 3. The van der Waals surface area contributed by atoms with Crippen LogP contribution in [0.1, 0.15) is 22.0 Å². The first-order chi connectivity index (χ1) is 6.15. The minimum atomic E-state index is -1.02. The summed E-state index contributed by atoms with van der Waals surface area (Å²) in [6.45, 7) is 0.269. The average Bonchev–Trinajstić information content (AvgIpc) is 2.17. The molecule has 70 valence electrons. The van der Waals surface area contributed by atoms with Crippen LogP contribution in [-0.2, 0) is 0 Å². The van der Waals surface area contributed by atoms with Crippen LogP contribution in [0.15, 0.2) is 18.5 Å². The molecule has 5 N–H and O–H groups in total. The largest absolute Gasteiger partial charge is 0.478 e. The molecule has 13 heavy (non-hydrogen) atoms. The van der Waals surface area contributed by atoms with E-state index in [1.165, 1.54) is 18.5 Å². The van der Waals surface area contributed by atoms with Gasteiger partial charge in [0, 0.05) is 25.0 Å². The summed E-state index contributed by atoms with van der Waals surface area (Å²) < 4.78 is 0. The Labute approximate surface area is 75.4 Å². The second-order valence-electron chi connectivity index (χ2n) is 2.65. The maximum atomic E-state index is 10.6. The highest BCUT2D eigenvalue weighted by molar-refractivity contribution is 5.87. The first-order valence-electron chi connectivity index (χ1n) is 3.79. The molecule has 5 nitrogen and oxygen atoms in total. The van der Waals surface area contributed by atoms with Crippen molar-refractivity contribution in [3.63, 3.8) is 0 Å². The zero-order valence-corrected chi connectivity index (χ0v) is 6.97. The lowest BCUT2D eigenvalue weighted by molar-refractivity contribution is 0.0696. The zero-order valence-electron chi connectivity index (χ0n) is 6.97. The number of nitrogens with zero attached hydrogens (tertiary/aromatic N) is 1. The summed E-state index contributed by atoms with van der Waals surface area (Å²) in [5.74, 6) is -1.02. The van der Waals surface area contributed by atoms with E-state index in [2.05, 4.69) is 4.98 Å². The number of carbonyl (C=O) groups is 1. The molecule has 0 fully saturated rings. The minimum absolute atomic E-state index is 0.126. The fourth-order valence-corrected chi connectivity index (χ4v) is 0.914. The second kappa shape index (κ2) is 3.97. The average molecular weight is 181 g/mol. The van der Waals surface area contributed by atoms with Crippen molar-refractivity contribution >= 4 is 5.97 Å². The molecule has 5 heteroatoms. The Morgan fingerprint density at radius 3 is 2.85 bits per heavy atom. The van der Waals surface area contributed by atoms with Gasteiger partial charge in [-0.1, -0.05) is 0 Å². The molecular weight excluding hydrogens is 170 g/mol. The monoisotopic (exact) mass is 181 g/mol. The molecule has 0 saturated heterocycles. The van der Waals surface area contributed by atoms with Gasteiger partial charge in [-0.3, -0.25) is 4.98 Å². The molecule has 1 unspecified atom stereocenters. The minimum Gasteiger partial charge on any atom is -0.478 e. The van der Waals surface area contributed by atoms with Gasteiger partial charge in [0.2, 0.25) is 0 Å². The lowest BCUT2D eigenvalue weighted by atomic mass is 10.1. The Morgan fingerprint density at radius 1 is 1.62 bits per heavy atom. The fourth-order valence-electron chi connectivity index (χ4n) is 0.914. The molecule has 1 aromatic heterocycles. The van der Waals surface area contributed by atoms with Gasteiger partial charge < -0.3 is 16.6 Å². The van der Waals surface area contributed by atoms with E-state index in [4.69, 9.17) is 16.6 Å². The van der Waals surface area contributed by atoms with Gasteiger partial charge in [-0.05, 0) is 11.6 Å². The van der Waals surface area contributed by atoms with Crippen molar-refractivity contribution < 1.29 is 9.90 Å². The summed E-state index contributed by atoms with van der Waals surface area (Å²) in [5, 5.41) is 8.65. The van der Waals surface area contributed by atoms with E-state index < -0.39 is 5.97 Å². The van der Waals surface area contributed by atoms with Crippen molar-refractivity contribution in [3.8, 4) is 0 Å². The predicted octanol–water partition coefficient (Wildman–Crippen LogP) is -0.262. The van der Waals surface area contributed by atoms with Gasteiger partial charge in [0.15, 0.2) is 0 Å². The molecule has 0 aliphatic heterocycles. The van der Waals surface area contributed by atoms with Crippen LogP contribution in [0, 0.1) is 0 Å². The Kier molecular flexibility index (Phi) is 2.94. The molecule has 0 aliphatic rings. The molecular formula is C8H11N3O2. The van der Waals surface area contributed by atoms with Gasteiger partial charge in [0.25, 0.3) is 0 Å². The van der Waals surface area contributed by atoms with E-state index in [9.17, 15) is 4.79 Å². The van der Waals surface area contributed by atoms with Gasteiger partial charge in [0.1, 0.15) is 0 Å². The smallest absolute Gasteiger partial charge is 0.337 e. The third-order valence-electron chi connectivity index (χ3n) is 1.69. The quantitative estimate of drug-likeness (QED) is 0.596. The Bertz CT molecular complexity index is 314. The number of nitrogens with two attached hydrogens (primary N) is 2. The molecule has 1 atom stereocenters. The van der Waals surface area contributed by atoms with Crippen molar-refractivity contribution in [1.29, 1.82) is 0 Å². The van der Waals surface area contributed by atoms with E-state index >= 15 is 0 Å². The summed E-state index contributed by atoms with van der Waals surface area (Å²) in [5.41, 5.74) is 11.7. The molecule has 0 amide bonds. The van der Waals surface area contributed by atoms with E-state index in [-0.39, 0.29) is 18.2 Å². The summed E-state index contributed by atoms with van der Waals surface area (Å²) in [6.07, 6.45) is 2.79. The number of hydrogen-bond acceptors (Lipinski definition) is 4. The summed E-state index contributed by atoms with van der Waals surface area (Å²) in [4.78, 5) is 14.3. The first kappa shape index (κ1) is 9.63. The molecule has 0 saturated carbocycles. The molecule has 0 aliphatic carbocycles. The number of hydrogen-bond donors (Lipinski definition) is 3. The van der Waals surface area contributed by atoms with Gasteiger partial charge in [-0.15, -0.1) is 0 Å². The number of carboxylic acids is 1. The van der Waals surface area contributed by atoms with Crippen molar-refractivity contribution in [2.45, 2.75) is 6.04 Å². The van der Waals surface area contributed by atoms with Crippen molar-refractivity contribution in [2.75, 3.05) is 6.54 Å². The molecule has 1 heterocycles. The fraction of sp³-hybridized carbons (Fsp3) is 0.250. The number of aromatic carboxylic acids is 1. The topological polar surface area (TPSA) is 102 Å². The third-order valence-corrected chi connectivity index (χ3v) is 1.69. The van der Waals surface area contributed by atoms with E-state index in [0.717, 1.165) is 0 Å². The summed E-state index contributed by atoms with van der Waals surface area (Å²) in [6, 6.07) is 1.12. The normalized spacial score (nSPS) is 12.5. The van der Waals surface area contributed by atoms with Gasteiger partial charge in [-0.25, -0.2) is 4.79 Å². The molecule has 0 radical (unpaired) electrons. The van der Waals surface area contributed by atoms with Crippen LogP contribution in [0.3, 0.4) is 0 Å². The molecule has 0 spiro atoms. The van der Waals surface area contributed by atoms with Crippen LogP contribution in [0.25, 0.3) is 0 Å². The van der Waals surface area contributed by atoms with Gasteiger partial charge >= 0.3 is 5.97 Å². The van der Waals surface area contributed by atoms with Crippen LogP contribution in [0.2, 0.25) is 0 Å². The molecule has 1 rings (SSSR count). The van der Waals surface area contributed by atoms with E-state index in [0.29, 0.717) is 5.56 Å². The standard InChI is InChI=1S/C8H11N3O2/c9-2-7(10)5-1-6(8(12)13)4-11-3-5/h1,3-4,7H,2,9-10H2,(H,12,13). The first-order valence-corrected chi connectivity index (χ1v) is 3.79. The van der Waals surface area contributed by atoms with Crippen molar-refractivity contribution in [3.05, 3.63) is 29.6 Å². The van der Waals surface area contributed by atoms with Crippen LogP contribution >= 0.6 is 0 Å². The highest BCUT2D eigenvalue weighted by Gasteiger charge is 2.08. The Hall–Kier alpha value is -1.46. The number of aromatic nitrogens is 1. The Morgan fingerprint density at radius 2 is 2.31 bits per heavy atom. The van der Waals surface area contributed by atoms with Crippen LogP contribution in [0.4, 0.5) is 0 Å². The highest BCUT2D eigenvalue weighted by Crippen LogP contribution is 2.09. The molecule has 1 aromatic rings. The third kappa shape index (κ3) is 2.24. The van der Waals surface area contributed by atoms with E-state index in [1.54, 1.807) is 0 Å². The SMILES string of the molecule is NCC(N)c1cncc(C(=O)O)c1. The van der Waals surface area contributed by atoms with Crippen LogP contribution in [-0.4, -0.2) is 22.6 Å². The number of carboxylic acid groups (broad SMARTS) is 1. The summed E-state index contributed by atoms with van der Waals surface area (Å²) in [7, 11) is 0. The summed E-state index contributed by atoms with van der Waals surface area (Å²) >= 11 is 0. The second-order valence-corrected chi connectivity index (χ2v) is 2.65. The van der Waals surface area contributed by atoms with Crippen LogP contribution < -0.4 is 11.5 Å². The zero-order chi connectivity index (χ0) is 9.84. The molecule has 0 aromatic carbocycles. The maximum Gasteiger partial charge on any atom is 0.337 e. The lowest BCUT2D eigenvalue weighted by Crippen LogP contribution is -2.21.